The van der Waals surface area contributed by atoms with Crippen LogP contribution in [0.1, 0.15) is 19.5 Å². The summed E-state index contributed by atoms with van der Waals surface area (Å²) in [5.41, 5.74) is 1.42. The molecule has 1 N–H and O–H groups in total. The van der Waals surface area contributed by atoms with Crippen molar-refractivity contribution in [3.63, 3.8) is 0 Å². The van der Waals surface area contributed by atoms with Gasteiger partial charge in [-0.1, -0.05) is 31.1 Å². The summed E-state index contributed by atoms with van der Waals surface area (Å²) >= 11 is 0. The fourth-order valence-corrected chi connectivity index (χ4v) is 1.85. The van der Waals surface area contributed by atoms with Crippen LogP contribution >= 0.6 is 0 Å². The fourth-order valence-electron chi connectivity index (χ4n) is 1.85. The SMILES string of the molecule is CC(C)CNCc1cc(-c2cccc(OC(F)F)c2)on1. The Morgan fingerprint density at radius 2 is 2.10 bits per heavy atom. The van der Waals surface area contributed by atoms with Gasteiger partial charge in [0.2, 0.25) is 0 Å². The first-order valence-corrected chi connectivity index (χ1v) is 6.76. The van der Waals surface area contributed by atoms with Crippen LogP contribution in [0.2, 0.25) is 0 Å². The van der Waals surface area contributed by atoms with Crippen LogP contribution < -0.4 is 10.1 Å². The lowest BCUT2D eigenvalue weighted by Crippen LogP contribution is -2.18. The van der Waals surface area contributed by atoms with Gasteiger partial charge in [-0.2, -0.15) is 8.78 Å². The monoisotopic (exact) mass is 296 g/mol. The summed E-state index contributed by atoms with van der Waals surface area (Å²) in [5.74, 6) is 1.17. The Hall–Kier alpha value is -1.95. The van der Waals surface area contributed by atoms with Crippen LogP contribution in [0.25, 0.3) is 11.3 Å². The average Bonchev–Trinajstić information content (AvgIpc) is 2.86. The van der Waals surface area contributed by atoms with E-state index in [1.54, 1.807) is 18.2 Å². The normalized spacial score (nSPS) is 11.3. The van der Waals surface area contributed by atoms with Gasteiger partial charge in [0.25, 0.3) is 0 Å². The number of rotatable bonds is 7. The van der Waals surface area contributed by atoms with Gasteiger partial charge in [-0.15, -0.1) is 0 Å². The van der Waals surface area contributed by atoms with Crippen LogP contribution in [0.3, 0.4) is 0 Å². The number of aromatic nitrogens is 1. The molecular formula is C15H18F2N2O2. The van der Waals surface area contributed by atoms with Gasteiger partial charge in [-0.3, -0.25) is 0 Å². The van der Waals surface area contributed by atoms with E-state index >= 15 is 0 Å². The first-order valence-electron chi connectivity index (χ1n) is 6.76. The van der Waals surface area contributed by atoms with Crippen LogP contribution in [0, 0.1) is 5.92 Å². The van der Waals surface area contributed by atoms with Crippen LogP contribution in [-0.2, 0) is 6.54 Å². The van der Waals surface area contributed by atoms with E-state index in [9.17, 15) is 8.78 Å². The molecule has 0 aliphatic rings. The molecule has 0 amide bonds. The van der Waals surface area contributed by atoms with Crippen molar-refractivity contribution in [2.45, 2.75) is 27.0 Å². The standard InChI is InChI=1S/C15H18F2N2O2/c1-10(2)8-18-9-12-7-14(21-19-12)11-4-3-5-13(6-11)20-15(16)17/h3-7,10,15,18H,8-9H2,1-2H3. The number of nitrogens with zero attached hydrogens (tertiary/aromatic N) is 1. The second-order valence-corrected chi connectivity index (χ2v) is 5.11. The van der Waals surface area contributed by atoms with Crippen LogP contribution in [0.5, 0.6) is 5.75 Å². The lowest BCUT2D eigenvalue weighted by atomic mass is 10.1. The van der Waals surface area contributed by atoms with Crippen molar-refractivity contribution in [1.82, 2.24) is 10.5 Å². The highest BCUT2D eigenvalue weighted by atomic mass is 19.3. The number of hydrogen-bond donors (Lipinski definition) is 1. The molecule has 114 valence electrons. The molecule has 1 aromatic carbocycles. The van der Waals surface area contributed by atoms with Gasteiger partial charge in [0.1, 0.15) is 5.75 Å². The molecule has 1 heterocycles. The second-order valence-electron chi connectivity index (χ2n) is 5.11. The maximum atomic E-state index is 12.2. The summed E-state index contributed by atoms with van der Waals surface area (Å²) in [5, 5.41) is 7.21. The molecule has 0 aliphatic carbocycles. The second kappa shape index (κ2) is 7.17. The average molecular weight is 296 g/mol. The number of ether oxygens (including phenoxy) is 1. The highest BCUT2D eigenvalue weighted by Gasteiger charge is 2.10. The third-order valence-electron chi connectivity index (χ3n) is 2.76. The molecule has 0 saturated heterocycles. The zero-order valence-corrected chi connectivity index (χ0v) is 12.0. The summed E-state index contributed by atoms with van der Waals surface area (Å²) in [6.45, 7) is 2.89. The van der Waals surface area contributed by atoms with Crippen molar-refractivity contribution < 1.29 is 18.0 Å². The minimum absolute atomic E-state index is 0.0957. The minimum atomic E-state index is -2.84. The van der Waals surface area contributed by atoms with Gasteiger partial charge in [-0.05, 0) is 24.6 Å². The van der Waals surface area contributed by atoms with Crippen molar-refractivity contribution in [2.24, 2.45) is 5.92 Å². The zero-order valence-electron chi connectivity index (χ0n) is 12.0. The molecule has 0 fully saturated rings. The summed E-state index contributed by atoms with van der Waals surface area (Å²) in [7, 11) is 0. The summed E-state index contributed by atoms with van der Waals surface area (Å²) < 4.78 is 34.0. The van der Waals surface area contributed by atoms with Gasteiger partial charge in [0.15, 0.2) is 5.76 Å². The molecule has 21 heavy (non-hydrogen) atoms. The lowest BCUT2D eigenvalue weighted by molar-refractivity contribution is -0.0498. The van der Waals surface area contributed by atoms with Crippen molar-refractivity contribution >= 4 is 0 Å². The van der Waals surface area contributed by atoms with E-state index < -0.39 is 6.61 Å². The molecule has 0 bridgehead atoms. The van der Waals surface area contributed by atoms with Gasteiger partial charge in [-0.25, -0.2) is 0 Å². The summed E-state index contributed by atoms with van der Waals surface area (Å²) in [6.07, 6.45) is 0. The molecule has 6 heteroatoms. The van der Waals surface area contributed by atoms with Crippen molar-refractivity contribution in [3.8, 4) is 17.1 Å². The van der Waals surface area contributed by atoms with Gasteiger partial charge in [0.05, 0.1) is 5.69 Å². The van der Waals surface area contributed by atoms with E-state index in [-0.39, 0.29) is 5.75 Å². The first kappa shape index (κ1) is 15.4. The number of hydrogen-bond acceptors (Lipinski definition) is 4. The molecule has 0 aliphatic heterocycles. The Bertz CT molecular complexity index is 570. The Morgan fingerprint density at radius 3 is 2.81 bits per heavy atom. The third kappa shape index (κ3) is 4.82. The maximum absolute atomic E-state index is 12.2. The largest absolute Gasteiger partial charge is 0.435 e. The lowest BCUT2D eigenvalue weighted by Gasteiger charge is -2.05. The predicted molar refractivity (Wildman–Crippen MR) is 75.1 cm³/mol. The number of alkyl halides is 2. The number of benzene rings is 1. The summed E-state index contributed by atoms with van der Waals surface area (Å²) in [6, 6.07) is 8.14. The zero-order chi connectivity index (χ0) is 15.2. The molecule has 0 atom stereocenters. The molecule has 1 aromatic heterocycles. The quantitative estimate of drug-likeness (QED) is 0.846. The van der Waals surface area contributed by atoms with E-state index in [0.717, 1.165) is 12.2 Å². The van der Waals surface area contributed by atoms with E-state index in [1.807, 2.05) is 0 Å². The Morgan fingerprint density at radius 1 is 1.29 bits per heavy atom. The Labute approximate surface area is 122 Å². The van der Waals surface area contributed by atoms with E-state index in [1.165, 1.54) is 12.1 Å². The fraction of sp³-hybridized carbons (Fsp3) is 0.400. The first-order chi connectivity index (χ1) is 10.0. The molecule has 0 saturated carbocycles. The Balaban J connectivity index is 2.03. The smallest absolute Gasteiger partial charge is 0.387 e. The van der Waals surface area contributed by atoms with Crippen molar-refractivity contribution in [2.75, 3.05) is 6.54 Å². The molecule has 0 radical (unpaired) electrons. The van der Waals surface area contributed by atoms with Crippen LogP contribution in [0.4, 0.5) is 8.78 Å². The van der Waals surface area contributed by atoms with Gasteiger partial charge < -0.3 is 14.6 Å². The maximum Gasteiger partial charge on any atom is 0.387 e. The van der Waals surface area contributed by atoms with Crippen molar-refractivity contribution in [1.29, 1.82) is 0 Å². The third-order valence-corrected chi connectivity index (χ3v) is 2.76. The molecule has 4 nitrogen and oxygen atoms in total. The van der Waals surface area contributed by atoms with Gasteiger partial charge in [0, 0.05) is 18.2 Å². The molecular weight excluding hydrogens is 278 g/mol. The Kier molecular flexibility index (Phi) is 5.27. The van der Waals surface area contributed by atoms with E-state index in [2.05, 4.69) is 29.1 Å². The highest BCUT2D eigenvalue weighted by Crippen LogP contribution is 2.25. The van der Waals surface area contributed by atoms with Crippen LogP contribution in [-0.4, -0.2) is 18.3 Å². The van der Waals surface area contributed by atoms with E-state index in [0.29, 0.717) is 23.8 Å². The van der Waals surface area contributed by atoms with E-state index in [4.69, 9.17) is 4.52 Å². The van der Waals surface area contributed by atoms with Crippen LogP contribution in [0.15, 0.2) is 34.9 Å². The minimum Gasteiger partial charge on any atom is -0.435 e. The summed E-state index contributed by atoms with van der Waals surface area (Å²) in [4.78, 5) is 0. The number of halogens is 2. The number of nitrogens with one attached hydrogen (secondary N) is 1. The molecule has 2 rings (SSSR count). The molecule has 0 unspecified atom stereocenters. The highest BCUT2D eigenvalue weighted by molar-refractivity contribution is 5.59. The predicted octanol–water partition coefficient (Wildman–Crippen LogP) is 3.69. The molecule has 2 aromatic rings. The topological polar surface area (TPSA) is 47.3 Å². The van der Waals surface area contributed by atoms with Gasteiger partial charge >= 0.3 is 6.61 Å². The molecule has 0 spiro atoms. The van der Waals surface area contributed by atoms with Crippen molar-refractivity contribution in [3.05, 3.63) is 36.0 Å².